The molecule has 11 nitrogen and oxygen atoms in total. The normalized spacial score (nSPS) is 10.8. The zero-order chi connectivity index (χ0) is 28.6. The predicted octanol–water partition coefficient (Wildman–Crippen LogP) is 2.02. The molecule has 10 N–H and O–H groups in total. The minimum absolute atomic E-state index is 0.00133. The predicted molar refractivity (Wildman–Crippen MR) is 163 cm³/mol. The van der Waals surface area contributed by atoms with Crippen molar-refractivity contribution in [3.05, 3.63) is 72.4 Å². The molecule has 2 aromatic carbocycles. The molecule has 0 unspecified atom stereocenters. The van der Waals surface area contributed by atoms with Crippen LogP contribution in [-0.4, -0.2) is 55.2 Å². The molecule has 13 heteroatoms. The highest BCUT2D eigenvalue weighted by molar-refractivity contribution is 8.76. The fourth-order valence-corrected chi connectivity index (χ4v) is 5.34. The van der Waals surface area contributed by atoms with Gasteiger partial charge in [-0.15, -0.1) is 0 Å². The molecule has 0 fully saturated rings. The number of nitrogens with zero attached hydrogens (tertiary/aromatic N) is 2. The summed E-state index contributed by atoms with van der Waals surface area (Å²) >= 11 is 0. The summed E-state index contributed by atoms with van der Waals surface area (Å²) in [6, 6.07) is 19.2. The van der Waals surface area contributed by atoms with Crippen LogP contribution in [0.1, 0.15) is 12.0 Å². The molecule has 1 heterocycles. The van der Waals surface area contributed by atoms with Gasteiger partial charge >= 0.3 is 0 Å². The van der Waals surface area contributed by atoms with E-state index in [4.69, 9.17) is 32.4 Å². The van der Waals surface area contributed by atoms with Crippen LogP contribution < -0.4 is 43.0 Å². The van der Waals surface area contributed by atoms with E-state index in [0.29, 0.717) is 49.9 Å². The molecule has 40 heavy (non-hydrogen) atoms. The molecule has 0 spiro atoms. The van der Waals surface area contributed by atoms with E-state index in [1.54, 1.807) is 27.8 Å². The van der Waals surface area contributed by atoms with Crippen LogP contribution in [0.4, 0.5) is 0 Å². The Kier molecular flexibility index (Phi) is 13.4. The van der Waals surface area contributed by atoms with Crippen LogP contribution in [0, 0.1) is 0 Å². The SMILES string of the molecule is NC(N)=NCCOc1cc(CNC(=O)CCSSc2ccccn2)ccc1-c1ccccc1OCCNC(N)N. The van der Waals surface area contributed by atoms with E-state index in [0.717, 1.165) is 21.7 Å². The number of nitrogens with one attached hydrogen (secondary N) is 2. The number of para-hydroxylation sites is 1. The number of ether oxygens (including phenoxy) is 2. The lowest BCUT2D eigenvalue weighted by Gasteiger charge is -2.17. The highest BCUT2D eigenvalue weighted by atomic mass is 33.1. The van der Waals surface area contributed by atoms with Crippen molar-refractivity contribution < 1.29 is 14.3 Å². The van der Waals surface area contributed by atoms with E-state index < -0.39 is 6.29 Å². The van der Waals surface area contributed by atoms with Gasteiger partial charge in [-0.3, -0.25) is 15.1 Å². The van der Waals surface area contributed by atoms with E-state index in [9.17, 15) is 4.79 Å². The van der Waals surface area contributed by atoms with Gasteiger partial charge in [0.05, 0.1) is 6.54 Å². The number of pyridine rings is 1. The molecular formula is C27H36N8O3S2. The molecule has 1 aromatic heterocycles. The number of nitrogens with two attached hydrogens (primary N) is 4. The molecule has 3 aromatic rings. The van der Waals surface area contributed by atoms with Crippen LogP contribution in [0.3, 0.4) is 0 Å². The van der Waals surface area contributed by atoms with Gasteiger partial charge in [0.25, 0.3) is 0 Å². The fraction of sp³-hybridized carbons (Fsp3) is 0.296. The van der Waals surface area contributed by atoms with Crippen molar-refractivity contribution in [2.45, 2.75) is 24.3 Å². The molecule has 0 saturated carbocycles. The van der Waals surface area contributed by atoms with Gasteiger partial charge in [0, 0.05) is 42.6 Å². The summed E-state index contributed by atoms with van der Waals surface area (Å²) in [6.45, 7) is 1.82. The number of aromatic nitrogens is 1. The first-order chi connectivity index (χ1) is 19.4. The molecule has 1 amide bonds. The molecule has 0 radical (unpaired) electrons. The molecule has 0 bridgehead atoms. The smallest absolute Gasteiger partial charge is 0.221 e. The third kappa shape index (κ3) is 11.3. The van der Waals surface area contributed by atoms with Crippen molar-refractivity contribution in [3.8, 4) is 22.6 Å². The number of carbonyl (C=O) groups is 1. The molecule has 0 aliphatic rings. The van der Waals surface area contributed by atoms with Crippen LogP contribution in [0.5, 0.6) is 11.5 Å². The summed E-state index contributed by atoms with van der Waals surface area (Å²) in [6.07, 6.45) is 1.54. The van der Waals surface area contributed by atoms with E-state index in [1.165, 1.54) is 0 Å². The number of benzene rings is 2. The van der Waals surface area contributed by atoms with Gasteiger partial charge in [-0.2, -0.15) is 0 Å². The number of carbonyl (C=O) groups excluding carboxylic acids is 1. The van der Waals surface area contributed by atoms with Crippen LogP contribution in [0.2, 0.25) is 0 Å². The van der Waals surface area contributed by atoms with E-state index in [-0.39, 0.29) is 18.5 Å². The number of guanidine groups is 1. The maximum atomic E-state index is 12.4. The maximum Gasteiger partial charge on any atom is 0.221 e. The van der Waals surface area contributed by atoms with Crippen molar-refractivity contribution in [1.82, 2.24) is 15.6 Å². The Hall–Kier alpha value is -3.49. The monoisotopic (exact) mass is 584 g/mol. The van der Waals surface area contributed by atoms with Crippen molar-refractivity contribution in [1.29, 1.82) is 0 Å². The van der Waals surface area contributed by atoms with Crippen LogP contribution >= 0.6 is 21.6 Å². The lowest BCUT2D eigenvalue weighted by atomic mass is 10.0. The summed E-state index contributed by atoms with van der Waals surface area (Å²) in [5, 5.41) is 6.82. The van der Waals surface area contributed by atoms with Gasteiger partial charge < -0.3 is 37.7 Å². The van der Waals surface area contributed by atoms with Gasteiger partial charge in [0.15, 0.2) is 5.96 Å². The van der Waals surface area contributed by atoms with Crippen LogP contribution in [-0.2, 0) is 11.3 Å². The van der Waals surface area contributed by atoms with Gasteiger partial charge in [0.1, 0.15) is 36.0 Å². The molecule has 3 rings (SSSR count). The first-order valence-electron chi connectivity index (χ1n) is 12.7. The number of rotatable bonds is 17. The third-order valence-electron chi connectivity index (χ3n) is 5.29. The first-order valence-corrected chi connectivity index (χ1v) is 15.0. The number of aliphatic imine (C=N–C) groups is 1. The molecule has 0 saturated heterocycles. The molecular weight excluding hydrogens is 548 g/mol. The van der Waals surface area contributed by atoms with Crippen LogP contribution in [0.25, 0.3) is 11.1 Å². The van der Waals surface area contributed by atoms with E-state index >= 15 is 0 Å². The summed E-state index contributed by atoms with van der Waals surface area (Å²) in [5.74, 6) is 1.96. The maximum absolute atomic E-state index is 12.4. The highest BCUT2D eigenvalue weighted by Gasteiger charge is 2.14. The lowest BCUT2D eigenvalue weighted by molar-refractivity contribution is -0.120. The Morgan fingerprint density at radius 3 is 2.52 bits per heavy atom. The second-order valence-electron chi connectivity index (χ2n) is 8.41. The Bertz CT molecular complexity index is 1230. The third-order valence-corrected chi connectivity index (χ3v) is 7.56. The molecule has 0 atom stereocenters. The lowest BCUT2D eigenvalue weighted by Crippen LogP contribution is -2.46. The minimum atomic E-state index is -0.610. The molecule has 0 aliphatic carbocycles. The van der Waals surface area contributed by atoms with Gasteiger partial charge in [0.2, 0.25) is 5.91 Å². The Balaban J connectivity index is 1.64. The largest absolute Gasteiger partial charge is 0.492 e. The van der Waals surface area contributed by atoms with Gasteiger partial charge in [-0.05, 0) is 40.6 Å². The van der Waals surface area contributed by atoms with Gasteiger partial charge in [-0.25, -0.2) is 4.98 Å². The minimum Gasteiger partial charge on any atom is -0.492 e. The average Bonchev–Trinajstić information content (AvgIpc) is 2.95. The Morgan fingerprint density at radius 2 is 1.75 bits per heavy atom. The zero-order valence-corrected chi connectivity index (χ0v) is 23.8. The van der Waals surface area contributed by atoms with Gasteiger partial charge in [-0.1, -0.05) is 47.2 Å². The molecule has 0 aliphatic heterocycles. The topological polar surface area (TPSA) is 189 Å². The fourth-order valence-electron chi connectivity index (χ4n) is 3.47. The number of amides is 1. The Morgan fingerprint density at radius 1 is 0.975 bits per heavy atom. The quantitative estimate of drug-likeness (QED) is 0.0448. The zero-order valence-electron chi connectivity index (χ0n) is 22.1. The average molecular weight is 585 g/mol. The standard InChI is InChI=1S/C27H36N8O3S2/c28-26(29)33-12-14-37-22-6-2-1-5-20(22)21-9-8-19(17-23(21)38-15-13-34-27(30)31)18-35-24(36)10-16-39-40-25-7-3-4-11-32-25/h1-9,11,17,26,33H,10,12-16,18,28-29H2,(H,35,36)(H4,30,31,34). The summed E-state index contributed by atoms with van der Waals surface area (Å²) < 4.78 is 12.1. The van der Waals surface area contributed by atoms with Crippen molar-refractivity contribution in [3.63, 3.8) is 0 Å². The Labute approximate surface area is 242 Å². The van der Waals surface area contributed by atoms with E-state index in [2.05, 4.69) is 20.6 Å². The number of hydrogen-bond acceptors (Lipinski definition) is 10. The van der Waals surface area contributed by atoms with Crippen LogP contribution in [0.15, 0.2) is 76.9 Å². The summed E-state index contributed by atoms with van der Waals surface area (Å²) in [4.78, 5) is 20.7. The highest BCUT2D eigenvalue weighted by Crippen LogP contribution is 2.37. The van der Waals surface area contributed by atoms with Crippen molar-refractivity contribution in [2.24, 2.45) is 27.9 Å². The summed E-state index contributed by atoms with van der Waals surface area (Å²) in [5.41, 5.74) is 24.5. The first kappa shape index (κ1) is 31.0. The molecule has 214 valence electrons. The summed E-state index contributed by atoms with van der Waals surface area (Å²) in [7, 11) is 3.15. The van der Waals surface area contributed by atoms with Crippen molar-refractivity contribution >= 4 is 33.5 Å². The van der Waals surface area contributed by atoms with Crippen molar-refractivity contribution in [2.75, 3.05) is 32.1 Å². The second kappa shape index (κ2) is 17.3. The second-order valence-corrected chi connectivity index (χ2v) is 10.8. The number of hydrogen-bond donors (Lipinski definition) is 6. The van der Waals surface area contributed by atoms with E-state index in [1.807, 2.05) is 60.7 Å².